The Kier molecular flexibility index (Phi) is 5.08. The Balaban J connectivity index is 1.38. The van der Waals surface area contributed by atoms with Crippen LogP contribution in [0.25, 0.3) is 10.9 Å². The number of hydrogen-bond acceptors (Lipinski definition) is 5. The van der Waals surface area contributed by atoms with E-state index < -0.39 is 5.91 Å². The first kappa shape index (κ1) is 18.4. The molecule has 0 radical (unpaired) electrons. The van der Waals surface area contributed by atoms with E-state index in [9.17, 15) is 9.59 Å². The fourth-order valence-corrected chi connectivity index (χ4v) is 3.33. The lowest BCUT2D eigenvalue weighted by molar-refractivity contribution is -0.111. The zero-order chi connectivity index (χ0) is 20.2. The van der Waals surface area contributed by atoms with Crippen LogP contribution >= 0.6 is 0 Å². The number of para-hydroxylation sites is 1. The van der Waals surface area contributed by atoms with E-state index in [2.05, 4.69) is 20.6 Å². The van der Waals surface area contributed by atoms with Crippen molar-refractivity contribution in [1.29, 1.82) is 0 Å². The zero-order valence-corrected chi connectivity index (χ0v) is 15.6. The number of nitrogens with zero attached hydrogens (tertiary/aromatic N) is 3. The van der Waals surface area contributed by atoms with Gasteiger partial charge in [0.05, 0.1) is 5.52 Å². The van der Waals surface area contributed by atoms with E-state index >= 15 is 0 Å². The molecule has 0 aliphatic carbocycles. The van der Waals surface area contributed by atoms with Gasteiger partial charge in [-0.05, 0) is 42.7 Å². The van der Waals surface area contributed by atoms with Crippen LogP contribution in [0.5, 0.6) is 0 Å². The number of likely N-dealkylation sites (tertiary alicyclic amines) is 1. The van der Waals surface area contributed by atoms with Crippen molar-refractivity contribution in [2.24, 2.45) is 0 Å². The molecular formula is C22H19N5O2. The molecule has 1 saturated heterocycles. The number of hydrogen-bond donors (Lipinski definition) is 2. The SMILES string of the molecule is C#CC(=O)Nc1ccc(C(=O)N2CCC(Nc3ncc4ccccc4n3)C2)cc1. The Morgan fingerprint density at radius 3 is 2.72 bits per heavy atom. The normalized spacial score (nSPS) is 15.7. The predicted molar refractivity (Wildman–Crippen MR) is 111 cm³/mol. The van der Waals surface area contributed by atoms with E-state index in [1.807, 2.05) is 30.2 Å². The Hall–Kier alpha value is -3.92. The number of amides is 2. The van der Waals surface area contributed by atoms with Crippen LogP contribution in [0.2, 0.25) is 0 Å². The lowest BCUT2D eigenvalue weighted by atomic mass is 10.2. The molecule has 2 amide bonds. The van der Waals surface area contributed by atoms with E-state index in [0.29, 0.717) is 30.3 Å². The summed E-state index contributed by atoms with van der Waals surface area (Å²) in [7, 11) is 0. The van der Waals surface area contributed by atoms with Crippen molar-refractivity contribution in [3.63, 3.8) is 0 Å². The maximum absolute atomic E-state index is 12.8. The van der Waals surface area contributed by atoms with Crippen molar-refractivity contribution in [2.75, 3.05) is 23.7 Å². The number of terminal acetylenes is 1. The van der Waals surface area contributed by atoms with Crippen molar-refractivity contribution in [3.05, 3.63) is 60.3 Å². The number of nitrogens with one attached hydrogen (secondary N) is 2. The summed E-state index contributed by atoms with van der Waals surface area (Å²) in [6.45, 7) is 1.23. The van der Waals surface area contributed by atoms with Gasteiger partial charge in [0.15, 0.2) is 0 Å². The first-order valence-electron chi connectivity index (χ1n) is 9.27. The minimum atomic E-state index is -0.520. The number of benzene rings is 2. The molecule has 29 heavy (non-hydrogen) atoms. The molecular weight excluding hydrogens is 366 g/mol. The first-order valence-corrected chi connectivity index (χ1v) is 9.27. The summed E-state index contributed by atoms with van der Waals surface area (Å²) in [5.74, 6) is 1.98. The Labute approximate surface area is 168 Å². The van der Waals surface area contributed by atoms with Gasteiger partial charge in [0.25, 0.3) is 11.8 Å². The fraction of sp³-hybridized carbons (Fsp3) is 0.182. The van der Waals surface area contributed by atoms with Crippen LogP contribution in [0.1, 0.15) is 16.8 Å². The van der Waals surface area contributed by atoms with Crippen molar-refractivity contribution in [1.82, 2.24) is 14.9 Å². The third-order valence-corrected chi connectivity index (χ3v) is 4.82. The fourth-order valence-electron chi connectivity index (χ4n) is 3.33. The van der Waals surface area contributed by atoms with Gasteiger partial charge < -0.3 is 15.5 Å². The Morgan fingerprint density at radius 1 is 1.14 bits per heavy atom. The van der Waals surface area contributed by atoms with Crippen LogP contribution in [0, 0.1) is 12.3 Å². The number of carbonyl (C=O) groups excluding carboxylic acids is 2. The third-order valence-electron chi connectivity index (χ3n) is 4.82. The Bertz CT molecular complexity index is 1100. The number of fused-ring (bicyclic) bond motifs is 1. The summed E-state index contributed by atoms with van der Waals surface area (Å²) in [5, 5.41) is 6.86. The summed E-state index contributed by atoms with van der Waals surface area (Å²) in [4.78, 5) is 34.7. The maximum Gasteiger partial charge on any atom is 0.300 e. The standard InChI is InChI=1S/C22H19N5O2/c1-2-20(28)24-17-9-7-15(8-10-17)21(29)27-12-11-18(14-27)25-22-23-13-16-5-3-4-6-19(16)26-22/h1,3-10,13,18H,11-12,14H2,(H,24,28)(H,23,25,26). The minimum Gasteiger partial charge on any atom is -0.350 e. The van der Waals surface area contributed by atoms with Gasteiger partial charge in [-0.25, -0.2) is 9.97 Å². The Morgan fingerprint density at radius 2 is 1.93 bits per heavy atom. The van der Waals surface area contributed by atoms with Gasteiger partial charge in [-0.1, -0.05) is 18.2 Å². The molecule has 2 heterocycles. The summed E-state index contributed by atoms with van der Waals surface area (Å²) in [6.07, 6.45) is 7.65. The predicted octanol–water partition coefficient (Wildman–Crippen LogP) is 2.53. The van der Waals surface area contributed by atoms with Gasteiger partial charge in [0.1, 0.15) is 0 Å². The molecule has 1 unspecified atom stereocenters. The largest absolute Gasteiger partial charge is 0.350 e. The highest BCUT2D eigenvalue weighted by molar-refractivity contribution is 6.03. The van der Waals surface area contributed by atoms with Gasteiger partial charge in [-0.3, -0.25) is 9.59 Å². The van der Waals surface area contributed by atoms with Crippen LogP contribution < -0.4 is 10.6 Å². The average Bonchev–Trinajstić information content (AvgIpc) is 3.22. The lowest BCUT2D eigenvalue weighted by Gasteiger charge is -2.17. The molecule has 1 aromatic heterocycles. The number of rotatable bonds is 4. The summed E-state index contributed by atoms with van der Waals surface area (Å²) in [5.41, 5.74) is 2.00. The smallest absolute Gasteiger partial charge is 0.300 e. The van der Waals surface area contributed by atoms with Crippen molar-refractivity contribution in [2.45, 2.75) is 12.5 Å². The minimum absolute atomic E-state index is 0.0523. The van der Waals surface area contributed by atoms with Crippen molar-refractivity contribution >= 4 is 34.4 Å². The molecule has 1 fully saturated rings. The molecule has 1 aliphatic rings. The highest BCUT2D eigenvalue weighted by Gasteiger charge is 2.27. The summed E-state index contributed by atoms with van der Waals surface area (Å²) in [6, 6.07) is 14.6. The molecule has 1 atom stereocenters. The average molecular weight is 385 g/mol. The highest BCUT2D eigenvalue weighted by atomic mass is 16.2. The number of carbonyl (C=O) groups is 2. The topological polar surface area (TPSA) is 87.2 Å². The first-order chi connectivity index (χ1) is 14.1. The van der Waals surface area contributed by atoms with Gasteiger partial charge in [-0.2, -0.15) is 0 Å². The van der Waals surface area contributed by atoms with Crippen LogP contribution in [0.4, 0.5) is 11.6 Å². The second-order valence-electron chi connectivity index (χ2n) is 6.81. The molecule has 4 rings (SSSR count). The van der Waals surface area contributed by atoms with Crippen LogP contribution in [0.3, 0.4) is 0 Å². The molecule has 1 aliphatic heterocycles. The second kappa shape index (κ2) is 7.98. The van der Waals surface area contributed by atoms with E-state index in [1.165, 1.54) is 0 Å². The molecule has 144 valence electrons. The molecule has 0 spiro atoms. The van der Waals surface area contributed by atoms with Crippen LogP contribution in [-0.2, 0) is 4.79 Å². The zero-order valence-electron chi connectivity index (χ0n) is 15.6. The molecule has 3 aromatic rings. The van der Waals surface area contributed by atoms with E-state index in [4.69, 9.17) is 6.42 Å². The van der Waals surface area contributed by atoms with Gasteiger partial charge in [0.2, 0.25) is 5.95 Å². The molecule has 2 aromatic carbocycles. The monoisotopic (exact) mass is 385 g/mol. The summed E-state index contributed by atoms with van der Waals surface area (Å²) < 4.78 is 0. The van der Waals surface area contributed by atoms with E-state index in [-0.39, 0.29) is 11.9 Å². The van der Waals surface area contributed by atoms with Gasteiger partial charge in [0, 0.05) is 42.0 Å². The maximum atomic E-state index is 12.8. The number of aromatic nitrogens is 2. The van der Waals surface area contributed by atoms with Gasteiger partial charge in [-0.15, -0.1) is 6.42 Å². The lowest BCUT2D eigenvalue weighted by Crippen LogP contribution is -2.31. The quantitative estimate of drug-likeness (QED) is 0.674. The van der Waals surface area contributed by atoms with E-state index in [1.54, 1.807) is 35.4 Å². The number of anilines is 2. The summed E-state index contributed by atoms with van der Waals surface area (Å²) >= 11 is 0. The molecule has 7 heteroatoms. The second-order valence-corrected chi connectivity index (χ2v) is 6.81. The van der Waals surface area contributed by atoms with Crippen LogP contribution in [0.15, 0.2) is 54.7 Å². The third kappa shape index (κ3) is 4.17. The highest BCUT2D eigenvalue weighted by Crippen LogP contribution is 2.19. The molecule has 0 saturated carbocycles. The molecule has 0 bridgehead atoms. The van der Waals surface area contributed by atoms with Crippen LogP contribution in [-0.4, -0.2) is 45.8 Å². The van der Waals surface area contributed by atoms with Crippen molar-refractivity contribution < 1.29 is 9.59 Å². The molecule has 7 nitrogen and oxygen atoms in total. The van der Waals surface area contributed by atoms with Gasteiger partial charge >= 0.3 is 0 Å². The van der Waals surface area contributed by atoms with Crippen molar-refractivity contribution in [3.8, 4) is 12.3 Å². The molecule has 2 N–H and O–H groups in total. The van der Waals surface area contributed by atoms with E-state index in [0.717, 1.165) is 17.3 Å².